The van der Waals surface area contributed by atoms with E-state index in [-0.39, 0.29) is 0 Å². The lowest BCUT2D eigenvalue weighted by Crippen LogP contribution is -2.05. The molecule has 0 aliphatic heterocycles. The quantitative estimate of drug-likeness (QED) is 0.771. The summed E-state index contributed by atoms with van der Waals surface area (Å²) in [6.07, 6.45) is 3.88. The second-order valence-corrected chi connectivity index (χ2v) is 4.41. The predicted octanol–water partition coefficient (Wildman–Crippen LogP) is 2.53. The van der Waals surface area contributed by atoms with Crippen molar-refractivity contribution in [1.82, 2.24) is 14.5 Å². The van der Waals surface area contributed by atoms with Crippen LogP contribution < -0.4 is 0 Å². The Kier molecular flexibility index (Phi) is 3.49. The molecular formula is C10H12ClN3S. The molecule has 0 atom stereocenters. The second kappa shape index (κ2) is 4.86. The Morgan fingerprint density at radius 2 is 2.40 bits per heavy atom. The zero-order chi connectivity index (χ0) is 10.7. The van der Waals surface area contributed by atoms with Crippen molar-refractivity contribution in [3.8, 4) is 0 Å². The molecule has 0 N–H and O–H groups in total. The average molecular weight is 242 g/mol. The number of fused-ring (bicyclic) bond motifs is 1. The highest BCUT2D eigenvalue weighted by Crippen LogP contribution is 2.15. The molecule has 0 saturated heterocycles. The van der Waals surface area contributed by atoms with Crippen LogP contribution in [0.5, 0.6) is 0 Å². The Morgan fingerprint density at radius 3 is 3.13 bits per heavy atom. The highest BCUT2D eigenvalue weighted by molar-refractivity contribution is 7.98. The maximum absolute atomic E-state index is 5.86. The first-order valence-corrected chi connectivity index (χ1v) is 6.64. The van der Waals surface area contributed by atoms with Gasteiger partial charge in [0.2, 0.25) is 0 Å². The van der Waals surface area contributed by atoms with Crippen molar-refractivity contribution in [2.75, 3.05) is 12.0 Å². The van der Waals surface area contributed by atoms with E-state index in [2.05, 4.69) is 20.8 Å². The van der Waals surface area contributed by atoms with E-state index in [1.807, 2.05) is 23.9 Å². The number of aromatic nitrogens is 3. The number of imidazole rings is 1. The van der Waals surface area contributed by atoms with Crippen LogP contribution in [-0.2, 0) is 12.4 Å². The first kappa shape index (κ1) is 10.8. The first-order valence-electron chi connectivity index (χ1n) is 4.72. The molecule has 2 rings (SSSR count). The maximum Gasteiger partial charge on any atom is 0.160 e. The van der Waals surface area contributed by atoms with Crippen molar-refractivity contribution in [3.63, 3.8) is 0 Å². The summed E-state index contributed by atoms with van der Waals surface area (Å²) in [7, 11) is 0. The van der Waals surface area contributed by atoms with Gasteiger partial charge >= 0.3 is 0 Å². The summed E-state index contributed by atoms with van der Waals surface area (Å²) < 4.78 is 2.10. The van der Waals surface area contributed by atoms with Gasteiger partial charge in [0.25, 0.3) is 0 Å². The van der Waals surface area contributed by atoms with E-state index in [1.54, 1.807) is 6.20 Å². The lowest BCUT2D eigenvalue weighted by atomic mass is 10.4. The molecule has 0 aliphatic rings. The number of hydrogen-bond acceptors (Lipinski definition) is 3. The van der Waals surface area contributed by atoms with Crippen molar-refractivity contribution >= 4 is 34.5 Å². The van der Waals surface area contributed by atoms with E-state index in [9.17, 15) is 0 Å². The minimum Gasteiger partial charge on any atom is -0.311 e. The highest BCUT2D eigenvalue weighted by atomic mass is 35.5. The van der Waals surface area contributed by atoms with E-state index in [0.717, 1.165) is 29.3 Å². The number of pyridine rings is 1. The SMILES string of the molecule is CSCCn1c(CCl)nc2cccnc21. The topological polar surface area (TPSA) is 30.7 Å². The summed E-state index contributed by atoms with van der Waals surface area (Å²) >= 11 is 7.67. The standard InChI is InChI=1S/C10H12ClN3S/c1-15-6-5-14-9(7-11)13-8-3-2-4-12-10(8)14/h2-4H,5-7H2,1H3. The molecule has 0 bridgehead atoms. The van der Waals surface area contributed by atoms with Crippen LogP contribution in [0.4, 0.5) is 0 Å². The van der Waals surface area contributed by atoms with Crippen molar-refractivity contribution in [2.45, 2.75) is 12.4 Å². The molecule has 80 valence electrons. The monoisotopic (exact) mass is 241 g/mol. The Hall–Kier alpha value is -0.740. The summed E-state index contributed by atoms with van der Waals surface area (Å²) in [4.78, 5) is 8.78. The molecule has 0 aliphatic carbocycles. The zero-order valence-corrected chi connectivity index (χ0v) is 10.1. The lowest BCUT2D eigenvalue weighted by Gasteiger charge is -2.04. The van der Waals surface area contributed by atoms with Crippen LogP contribution in [0.1, 0.15) is 5.82 Å². The van der Waals surface area contributed by atoms with E-state index in [0.29, 0.717) is 5.88 Å². The number of halogens is 1. The molecular weight excluding hydrogens is 230 g/mol. The molecule has 2 aromatic heterocycles. The van der Waals surface area contributed by atoms with Gasteiger partial charge in [-0.3, -0.25) is 0 Å². The fourth-order valence-electron chi connectivity index (χ4n) is 1.52. The minimum atomic E-state index is 0.435. The van der Waals surface area contributed by atoms with Gasteiger partial charge in [0.1, 0.15) is 11.3 Å². The van der Waals surface area contributed by atoms with Gasteiger partial charge in [0.05, 0.1) is 5.88 Å². The highest BCUT2D eigenvalue weighted by Gasteiger charge is 2.09. The second-order valence-electron chi connectivity index (χ2n) is 3.15. The van der Waals surface area contributed by atoms with Gasteiger partial charge in [-0.1, -0.05) is 0 Å². The number of alkyl halides is 1. The third kappa shape index (κ3) is 2.11. The van der Waals surface area contributed by atoms with Crippen LogP contribution in [0.15, 0.2) is 18.3 Å². The summed E-state index contributed by atoms with van der Waals surface area (Å²) in [5.41, 5.74) is 1.86. The molecule has 2 heterocycles. The van der Waals surface area contributed by atoms with Crippen LogP contribution in [0.3, 0.4) is 0 Å². The Bertz CT molecular complexity index is 455. The largest absolute Gasteiger partial charge is 0.311 e. The number of nitrogens with zero attached hydrogens (tertiary/aromatic N) is 3. The normalized spacial score (nSPS) is 11.1. The van der Waals surface area contributed by atoms with Gasteiger partial charge < -0.3 is 4.57 Å². The van der Waals surface area contributed by atoms with E-state index >= 15 is 0 Å². The molecule has 0 aromatic carbocycles. The van der Waals surface area contributed by atoms with Gasteiger partial charge in [-0.2, -0.15) is 11.8 Å². The number of rotatable bonds is 4. The van der Waals surface area contributed by atoms with Gasteiger partial charge in [0, 0.05) is 18.5 Å². The van der Waals surface area contributed by atoms with Gasteiger partial charge in [-0.25, -0.2) is 9.97 Å². The maximum atomic E-state index is 5.86. The van der Waals surface area contributed by atoms with Crippen LogP contribution in [0.2, 0.25) is 0 Å². The van der Waals surface area contributed by atoms with Gasteiger partial charge in [-0.05, 0) is 18.4 Å². The molecule has 0 amide bonds. The molecule has 0 saturated carbocycles. The summed E-state index contributed by atoms with van der Waals surface area (Å²) in [5, 5.41) is 0. The summed E-state index contributed by atoms with van der Waals surface area (Å²) in [6, 6.07) is 3.86. The molecule has 3 nitrogen and oxygen atoms in total. The third-order valence-electron chi connectivity index (χ3n) is 2.22. The number of thioether (sulfide) groups is 1. The van der Waals surface area contributed by atoms with Crippen LogP contribution in [0, 0.1) is 0 Å². The fraction of sp³-hybridized carbons (Fsp3) is 0.400. The smallest absolute Gasteiger partial charge is 0.160 e. The molecule has 0 fully saturated rings. The minimum absolute atomic E-state index is 0.435. The van der Waals surface area contributed by atoms with Crippen molar-refractivity contribution in [1.29, 1.82) is 0 Å². The van der Waals surface area contributed by atoms with Crippen LogP contribution >= 0.6 is 23.4 Å². The van der Waals surface area contributed by atoms with Crippen LogP contribution in [0.25, 0.3) is 11.2 Å². The lowest BCUT2D eigenvalue weighted by molar-refractivity contribution is 0.748. The van der Waals surface area contributed by atoms with Gasteiger partial charge in [0.15, 0.2) is 5.65 Å². The molecule has 0 unspecified atom stereocenters. The molecule has 5 heteroatoms. The zero-order valence-electron chi connectivity index (χ0n) is 8.48. The molecule has 2 aromatic rings. The third-order valence-corrected chi connectivity index (χ3v) is 3.05. The molecule has 0 radical (unpaired) electrons. The molecule has 15 heavy (non-hydrogen) atoms. The summed E-state index contributed by atoms with van der Waals surface area (Å²) in [6.45, 7) is 0.913. The Morgan fingerprint density at radius 1 is 1.53 bits per heavy atom. The van der Waals surface area contributed by atoms with E-state index in [1.165, 1.54) is 0 Å². The number of aryl methyl sites for hydroxylation is 1. The Balaban J connectivity index is 2.47. The summed E-state index contributed by atoms with van der Waals surface area (Å²) in [5.74, 6) is 2.39. The first-order chi connectivity index (χ1) is 7.36. The van der Waals surface area contributed by atoms with Crippen molar-refractivity contribution < 1.29 is 0 Å². The average Bonchev–Trinajstić information content (AvgIpc) is 2.64. The van der Waals surface area contributed by atoms with Crippen molar-refractivity contribution in [3.05, 3.63) is 24.2 Å². The van der Waals surface area contributed by atoms with Crippen LogP contribution in [-0.4, -0.2) is 26.5 Å². The van der Waals surface area contributed by atoms with E-state index < -0.39 is 0 Å². The number of hydrogen-bond donors (Lipinski definition) is 0. The van der Waals surface area contributed by atoms with Gasteiger partial charge in [-0.15, -0.1) is 11.6 Å². The fourth-order valence-corrected chi connectivity index (χ4v) is 2.09. The Labute approximate surface area is 97.9 Å². The van der Waals surface area contributed by atoms with Crippen molar-refractivity contribution in [2.24, 2.45) is 0 Å². The molecule has 0 spiro atoms. The predicted molar refractivity (Wildman–Crippen MR) is 65.5 cm³/mol. The van der Waals surface area contributed by atoms with E-state index in [4.69, 9.17) is 11.6 Å².